The van der Waals surface area contributed by atoms with Gasteiger partial charge in [0.25, 0.3) is 0 Å². The van der Waals surface area contributed by atoms with Gasteiger partial charge in [-0.15, -0.1) is 11.3 Å². The van der Waals surface area contributed by atoms with Gasteiger partial charge >= 0.3 is 0 Å². The van der Waals surface area contributed by atoms with Gasteiger partial charge in [0.1, 0.15) is 6.10 Å². The summed E-state index contributed by atoms with van der Waals surface area (Å²) in [5, 5.41) is 16.7. The van der Waals surface area contributed by atoms with Gasteiger partial charge in [0.15, 0.2) is 17.5 Å². The molecule has 0 radical (unpaired) electrons. The molecular weight excluding hydrogens is 398 g/mol. The Morgan fingerprint density at radius 3 is 2.61 bits per heavy atom. The quantitative estimate of drug-likeness (QED) is 0.308. The molecule has 1 atom stereocenters. The average Bonchev–Trinajstić information content (AvgIpc) is 3.15. The summed E-state index contributed by atoms with van der Waals surface area (Å²) < 4.78 is 11.3. The van der Waals surface area contributed by atoms with Gasteiger partial charge in [0, 0.05) is 18.0 Å². The van der Waals surface area contributed by atoms with E-state index in [-0.39, 0.29) is 6.54 Å². The van der Waals surface area contributed by atoms with Crippen molar-refractivity contribution in [2.45, 2.75) is 25.9 Å². The SMILES string of the molecule is CCNC(=NCC(O)c1ccc(Cl)s1)NCCCc1ccc(OC)c(OC)c1. The minimum Gasteiger partial charge on any atom is -0.493 e. The lowest BCUT2D eigenvalue weighted by molar-refractivity contribution is 0.191. The predicted molar refractivity (Wildman–Crippen MR) is 116 cm³/mol. The zero-order valence-corrected chi connectivity index (χ0v) is 18.1. The zero-order chi connectivity index (χ0) is 20.4. The first-order valence-corrected chi connectivity index (χ1v) is 10.4. The minimum absolute atomic E-state index is 0.280. The molecule has 0 spiro atoms. The number of rotatable bonds is 10. The van der Waals surface area contributed by atoms with Gasteiger partial charge in [0.2, 0.25) is 0 Å². The largest absolute Gasteiger partial charge is 0.493 e. The van der Waals surface area contributed by atoms with Crippen molar-refractivity contribution < 1.29 is 14.6 Å². The van der Waals surface area contributed by atoms with Crippen molar-refractivity contribution in [1.29, 1.82) is 0 Å². The number of halogens is 1. The molecular formula is C20H28ClN3O3S. The molecule has 0 bridgehead atoms. The third-order valence-corrected chi connectivity index (χ3v) is 5.40. The van der Waals surface area contributed by atoms with E-state index in [0.717, 1.165) is 42.3 Å². The molecule has 1 heterocycles. The summed E-state index contributed by atoms with van der Waals surface area (Å²) in [5.74, 6) is 2.17. The van der Waals surface area contributed by atoms with Gasteiger partial charge < -0.3 is 25.2 Å². The van der Waals surface area contributed by atoms with E-state index in [4.69, 9.17) is 21.1 Å². The maximum absolute atomic E-state index is 10.2. The number of ether oxygens (including phenoxy) is 2. The maximum atomic E-state index is 10.2. The van der Waals surface area contributed by atoms with E-state index in [1.54, 1.807) is 20.3 Å². The third kappa shape index (κ3) is 6.89. The summed E-state index contributed by atoms with van der Waals surface area (Å²) in [6, 6.07) is 9.58. The number of nitrogens with one attached hydrogen (secondary N) is 2. The highest BCUT2D eigenvalue weighted by molar-refractivity contribution is 7.16. The molecule has 1 aromatic carbocycles. The Morgan fingerprint density at radius 1 is 1.18 bits per heavy atom. The highest BCUT2D eigenvalue weighted by Gasteiger charge is 2.10. The molecule has 0 saturated heterocycles. The summed E-state index contributed by atoms with van der Waals surface area (Å²) in [5.41, 5.74) is 1.19. The number of thiophene rings is 1. The third-order valence-electron chi connectivity index (χ3n) is 4.07. The molecule has 1 unspecified atom stereocenters. The van der Waals surface area contributed by atoms with Crippen molar-refractivity contribution in [3.05, 3.63) is 45.1 Å². The fourth-order valence-electron chi connectivity index (χ4n) is 2.65. The number of guanidine groups is 1. The number of aliphatic imine (C=N–C) groups is 1. The van der Waals surface area contributed by atoms with Crippen LogP contribution in [0.2, 0.25) is 4.34 Å². The molecule has 1 aromatic heterocycles. The fraction of sp³-hybridized carbons (Fsp3) is 0.450. The summed E-state index contributed by atoms with van der Waals surface area (Å²) in [4.78, 5) is 5.28. The Balaban J connectivity index is 1.82. The van der Waals surface area contributed by atoms with Crippen LogP contribution in [0, 0.1) is 0 Å². The molecule has 28 heavy (non-hydrogen) atoms. The summed E-state index contributed by atoms with van der Waals surface area (Å²) in [7, 11) is 3.27. The Bertz CT molecular complexity index is 767. The van der Waals surface area contributed by atoms with E-state index < -0.39 is 6.10 Å². The molecule has 3 N–H and O–H groups in total. The number of aliphatic hydroxyl groups excluding tert-OH is 1. The molecule has 0 fully saturated rings. The second-order valence-electron chi connectivity index (χ2n) is 6.10. The lowest BCUT2D eigenvalue weighted by Crippen LogP contribution is -2.38. The van der Waals surface area contributed by atoms with E-state index in [1.807, 2.05) is 31.2 Å². The van der Waals surface area contributed by atoms with Crippen LogP contribution in [0.25, 0.3) is 0 Å². The van der Waals surface area contributed by atoms with E-state index in [1.165, 1.54) is 16.9 Å². The molecule has 0 aliphatic heterocycles. The smallest absolute Gasteiger partial charge is 0.191 e. The van der Waals surface area contributed by atoms with Crippen molar-refractivity contribution in [1.82, 2.24) is 10.6 Å². The summed E-state index contributed by atoms with van der Waals surface area (Å²) >= 11 is 7.29. The predicted octanol–water partition coefficient (Wildman–Crippen LogP) is 3.64. The molecule has 154 valence electrons. The van der Waals surface area contributed by atoms with Crippen molar-refractivity contribution in [3.63, 3.8) is 0 Å². The second-order valence-corrected chi connectivity index (χ2v) is 7.84. The molecule has 2 rings (SSSR count). The van der Waals surface area contributed by atoms with Gasteiger partial charge in [-0.3, -0.25) is 4.99 Å². The topological polar surface area (TPSA) is 75.1 Å². The lowest BCUT2D eigenvalue weighted by atomic mass is 10.1. The number of hydrogen-bond acceptors (Lipinski definition) is 5. The first-order chi connectivity index (χ1) is 13.6. The van der Waals surface area contributed by atoms with Crippen LogP contribution in [0.1, 0.15) is 29.9 Å². The van der Waals surface area contributed by atoms with Crippen LogP contribution in [0.15, 0.2) is 35.3 Å². The van der Waals surface area contributed by atoms with Crippen molar-refractivity contribution in [2.75, 3.05) is 33.9 Å². The zero-order valence-electron chi connectivity index (χ0n) is 16.5. The van der Waals surface area contributed by atoms with Crippen LogP contribution in [0.5, 0.6) is 11.5 Å². The number of nitrogens with zero attached hydrogens (tertiary/aromatic N) is 1. The van der Waals surface area contributed by atoms with Crippen LogP contribution >= 0.6 is 22.9 Å². The van der Waals surface area contributed by atoms with Crippen LogP contribution in [-0.4, -0.2) is 44.9 Å². The first kappa shape index (κ1) is 22.3. The molecule has 6 nitrogen and oxygen atoms in total. The summed E-state index contributed by atoms with van der Waals surface area (Å²) in [6.07, 6.45) is 1.19. The Morgan fingerprint density at radius 2 is 1.96 bits per heavy atom. The lowest BCUT2D eigenvalue weighted by Gasteiger charge is -2.13. The molecule has 0 saturated carbocycles. The monoisotopic (exact) mass is 425 g/mol. The number of aliphatic hydroxyl groups is 1. The molecule has 0 aliphatic rings. The first-order valence-electron chi connectivity index (χ1n) is 9.23. The van der Waals surface area contributed by atoms with Crippen LogP contribution in [0.4, 0.5) is 0 Å². The number of aryl methyl sites for hydroxylation is 1. The number of benzene rings is 1. The van der Waals surface area contributed by atoms with Crippen molar-refractivity contribution in [2.24, 2.45) is 4.99 Å². The number of hydrogen-bond donors (Lipinski definition) is 3. The van der Waals surface area contributed by atoms with Crippen molar-refractivity contribution in [3.8, 4) is 11.5 Å². The molecule has 2 aromatic rings. The van der Waals surface area contributed by atoms with Crippen LogP contribution in [0.3, 0.4) is 0 Å². The average molecular weight is 426 g/mol. The molecule has 8 heteroatoms. The van der Waals surface area contributed by atoms with Gasteiger partial charge in [0.05, 0.1) is 25.1 Å². The standard InChI is InChI=1S/C20H28ClN3O3S/c1-4-22-20(24-13-15(25)18-9-10-19(21)28-18)23-11-5-6-14-7-8-16(26-2)17(12-14)27-3/h7-10,12,15,25H,4-6,11,13H2,1-3H3,(H2,22,23,24). The Labute approximate surface area is 175 Å². The van der Waals surface area contributed by atoms with Crippen LogP contribution in [-0.2, 0) is 6.42 Å². The van der Waals surface area contributed by atoms with E-state index in [2.05, 4.69) is 15.6 Å². The van der Waals surface area contributed by atoms with E-state index in [9.17, 15) is 5.11 Å². The van der Waals surface area contributed by atoms with Gasteiger partial charge in [-0.2, -0.15) is 0 Å². The highest BCUT2D eigenvalue weighted by Crippen LogP contribution is 2.28. The van der Waals surface area contributed by atoms with Gasteiger partial charge in [-0.25, -0.2) is 0 Å². The Hall–Kier alpha value is -1.96. The molecule has 0 aliphatic carbocycles. The number of methoxy groups -OCH3 is 2. The Kier molecular flexibility index (Phi) is 9.40. The van der Waals surface area contributed by atoms with Crippen LogP contribution < -0.4 is 20.1 Å². The van der Waals surface area contributed by atoms with Gasteiger partial charge in [-0.05, 0) is 49.6 Å². The summed E-state index contributed by atoms with van der Waals surface area (Å²) in [6.45, 7) is 3.81. The molecule has 0 amide bonds. The van der Waals surface area contributed by atoms with Gasteiger partial charge in [-0.1, -0.05) is 17.7 Å². The minimum atomic E-state index is -0.653. The van der Waals surface area contributed by atoms with E-state index >= 15 is 0 Å². The normalized spacial score (nSPS) is 12.5. The second kappa shape index (κ2) is 11.8. The highest BCUT2D eigenvalue weighted by atomic mass is 35.5. The maximum Gasteiger partial charge on any atom is 0.191 e. The van der Waals surface area contributed by atoms with Crippen molar-refractivity contribution >= 4 is 28.9 Å². The van der Waals surface area contributed by atoms with E-state index in [0.29, 0.717) is 10.3 Å². The fourth-order valence-corrected chi connectivity index (χ4v) is 3.69.